The van der Waals surface area contributed by atoms with Gasteiger partial charge >= 0.3 is 0 Å². The van der Waals surface area contributed by atoms with E-state index < -0.39 is 0 Å². The van der Waals surface area contributed by atoms with Gasteiger partial charge in [-0.25, -0.2) is 0 Å². The zero-order valence-electron chi connectivity index (χ0n) is 13.1. The van der Waals surface area contributed by atoms with Crippen LogP contribution < -0.4 is 15.4 Å². The summed E-state index contributed by atoms with van der Waals surface area (Å²) in [5.74, 6) is 1.54. The zero-order chi connectivity index (χ0) is 15.4. The summed E-state index contributed by atoms with van der Waals surface area (Å²) in [6.07, 6.45) is 4.76. The van der Waals surface area contributed by atoms with Crippen LogP contribution in [0.2, 0.25) is 5.02 Å². The Kier molecular flexibility index (Phi) is 7.00. The van der Waals surface area contributed by atoms with E-state index in [1.165, 1.54) is 12.8 Å². The van der Waals surface area contributed by atoms with Crippen molar-refractivity contribution in [2.24, 2.45) is 5.92 Å². The summed E-state index contributed by atoms with van der Waals surface area (Å²) < 4.78 is 5.63. The van der Waals surface area contributed by atoms with Gasteiger partial charge < -0.3 is 15.4 Å². The highest BCUT2D eigenvalue weighted by Gasteiger charge is 2.25. The molecule has 6 heteroatoms. The van der Waals surface area contributed by atoms with E-state index in [0.717, 1.165) is 37.2 Å². The highest BCUT2D eigenvalue weighted by molar-refractivity contribution is 6.32. The Labute approximate surface area is 148 Å². The van der Waals surface area contributed by atoms with Gasteiger partial charge in [0.25, 0.3) is 0 Å². The van der Waals surface area contributed by atoms with E-state index in [4.69, 9.17) is 16.3 Å². The molecule has 1 aromatic rings. The van der Waals surface area contributed by atoms with Crippen molar-refractivity contribution in [3.05, 3.63) is 28.8 Å². The molecule has 2 aliphatic heterocycles. The lowest BCUT2D eigenvalue weighted by atomic mass is 9.93. The molecule has 1 aromatic carbocycles. The van der Waals surface area contributed by atoms with Gasteiger partial charge in [0.2, 0.25) is 5.91 Å². The molecule has 1 unspecified atom stereocenters. The standard InChI is InChI=1S/C17H23ClN2O2.ClH/c18-14-3-1-2-13-15(8-11-22-17(13)14)20-16(21)5-4-12-6-9-19-10-7-12;/h1-3,12,15,19H,4-11H2,(H,20,21);1H. The molecule has 4 nitrogen and oxygen atoms in total. The van der Waals surface area contributed by atoms with Gasteiger partial charge in [-0.1, -0.05) is 23.7 Å². The van der Waals surface area contributed by atoms with Gasteiger partial charge in [-0.3, -0.25) is 4.79 Å². The van der Waals surface area contributed by atoms with Crippen molar-refractivity contribution in [3.8, 4) is 5.75 Å². The lowest BCUT2D eigenvalue weighted by Crippen LogP contribution is -2.33. The number of hydrogen-bond donors (Lipinski definition) is 2. The molecular weight excluding hydrogens is 335 g/mol. The normalized spacial score (nSPS) is 20.8. The van der Waals surface area contributed by atoms with Gasteiger partial charge in [0.05, 0.1) is 17.7 Å². The second-order valence-electron chi connectivity index (χ2n) is 6.15. The summed E-state index contributed by atoms with van der Waals surface area (Å²) >= 11 is 6.16. The first-order valence-corrected chi connectivity index (χ1v) is 8.53. The molecule has 0 bridgehead atoms. The molecule has 128 valence electrons. The lowest BCUT2D eigenvalue weighted by Gasteiger charge is -2.28. The fourth-order valence-corrected chi connectivity index (χ4v) is 3.54. The maximum Gasteiger partial charge on any atom is 0.220 e. The molecule has 0 aromatic heterocycles. The number of piperidine rings is 1. The van der Waals surface area contributed by atoms with Crippen LogP contribution >= 0.6 is 24.0 Å². The van der Waals surface area contributed by atoms with E-state index >= 15 is 0 Å². The largest absolute Gasteiger partial charge is 0.492 e. The average molecular weight is 359 g/mol. The van der Waals surface area contributed by atoms with Gasteiger partial charge in [-0.15, -0.1) is 12.4 Å². The molecule has 1 fully saturated rings. The number of ether oxygens (including phenoxy) is 1. The summed E-state index contributed by atoms with van der Waals surface area (Å²) in [7, 11) is 0. The van der Waals surface area contributed by atoms with Crippen molar-refractivity contribution in [1.82, 2.24) is 10.6 Å². The quantitative estimate of drug-likeness (QED) is 0.865. The van der Waals surface area contributed by atoms with Gasteiger partial charge in [-0.05, 0) is 44.3 Å². The van der Waals surface area contributed by atoms with Crippen LogP contribution in [0.4, 0.5) is 0 Å². The summed E-state index contributed by atoms with van der Waals surface area (Å²) in [6.45, 7) is 2.76. The zero-order valence-corrected chi connectivity index (χ0v) is 14.7. The molecule has 2 aliphatic rings. The summed E-state index contributed by atoms with van der Waals surface area (Å²) in [6, 6.07) is 5.73. The molecule has 0 saturated carbocycles. The van der Waals surface area contributed by atoms with Crippen molar-refractivity contribution >= 4 is 29.9 Å². The Morgan fingerprint density at radius 3 is 2.87 bits per heavy atom. The van der Waals surface area contributed by atoms with Crippen LogP contribution in [0, 0.1) is 5.92 Å². The maximum atomic E-state index is 12.2. The van der Waals surface area contributed by atoms with Crippen LogP contribution in [-0.4, -0.2) is 25.6 Å². The summed E-state index contributed by atoms with van der Waals surface area (Å²) in [4.78, 5) is 12.2. The van der Waals surface area contributed by atoms with Crippen LogP contribution in [0.25, 0.3) is 0 Å². The summed E-state index contributed by atoms with van der Waals surface area (Å²) in [5.41, 5.74) is 0.994. The van der Waals surface area contributed by atoms with E-state index in [9.17, 15) is 4.79 Å². The number of para-hydroxylation sites is 1. The first-order valence-electron chi connectivity index (χ1n) is 8.15. The number of carbonyl (C=O) groups is 1. The number of halogens is 2. The van der Waals surface area contributed by atoms with Crippen molar-refractivity contribution in [1.29, 1.82) is 0 Å². The maximum absolute atomic E-state index is 12.2. The van der Waals surface area contributed by atoms with Gasteiger partial charge in [0, 0.05) is 18.4 Å². The van der Waals surface area contributed by atoms with Crippen LogP contribution in [0.15, 0.2) is 18.2 Å². The number of rotatable bonds is 4. The molecule has 1 amide bonds. The third-order valence-electron chi connectivity index (χ3n) is 4.60. The van der Waals surface area contributed by atoms with Crippen LogP contribution in [0.1, 0.15) is 43.7 Å². The van der Waals surface area contributed by atoms with Crippen molar-refractivity contribution in [3.63, 3.8) is 0 Å². The first kappa shape index (κ1) is 18.4. The number of hydrogen-bond acceptors (Lipinski definition) is 3. The molecule has 1 saturated heterocycles. The Hall–Kier alpha value is -0.970. The third kappa shape index (κ3) is 4.75. The van der Waals surface area contributed by atoms with Gasteiger partial charge in [0.1, 0.15) is 5.75 Å². The molecule has 3 rings (SSSR count). The summed E-state index contributed by atoms with van der Waals surface area (Å²) in [5, 5.41) is 7.12. The third-order valence-corrected chi connectivity index (χ3v) is 4.90. The fourth-order valence-electron chi connectivity index (χ4n) is 3.31. The van der Waals surface area contributed by atoms with E-state index in [2.05, 4.69) is 10.6 Å². The number of amides is 1. The number of fused-ring (bicyclic) bond motifs is 1. The molecule has 2 heterocycles. The van der Waals surface area contributed by atoms with E-state index in [0.29, 0.717) is 24.0 Å². The van der Waals surface area contributed by atoms with Crippen molar-refractivity contribution in [2.45, 2.75) is 38.1 Å². The highest BCUT2D eigenvalue weighted by Crippen LogP contribution is 2.37. The van der Waals surface area contributed by atoms with Crippen LogP contribution in [-0.2, 0) is 4.79 Å². The molecule has 23 heavy (non-hydrogen) atoms. The molecule has 0 radical (unpaired) electrons. The number of nitrogens with one attached hydrogen (secondary N) is 2. The second kappa shape index (κ2) is 8.76. The molecule has 2 N–H and O–H groups in total. The predicted molar refractivity (Wildman–Crippen MR) is 94.5 cm³/mol. The van der Waals surface area contributed by atoms with Crippen LogP contribution in [0.5, 0.6) is 5.75 Å². The Bertz CT molecular complexity index is 533. The second-order valence-corrected chi connectivity index (χ2v) is 6.55. The van der Waals surface area contributed by atoms with Gasteiger partial charge in [0.15, 0.2) is 0 Å². The minimum absolute atomic E-state index is 0. The molecule has 0 spiro atoms. The smallest absolute Gasteiger partial charge is 0.220 e. The monoisotopic (exact) mass is 358 g/mol. The SMILES string of the molecule is Cl.O=C(CCC1CCNCC1)NC1CCOc2c(Cl)cccc21. The van der Waals surface area contributed by atoms with Crippen LogP contribution in [0.3, 0.4) is 0 Å². The Morgan fingerprint density at radius 1 is 1.30 bits per heavy atom. The average Bonchev–Trinajstić information content (AvgIpc) is 2.55. The number of carbonyl (C=O) groups excluding carboxylic acids is 1. The van der Waals surface area contributed by atoms with Crippen molar-refractivity contribution < 1.29 is 9.53 Å². The predicted octanol–water partition coefficient (Wildman–Crippen LogP) is 3.48. The fraction of sp³-hybridized carbons (Fsp3) is 0.588. The van der Waals surface area contributed by atoms with Crippen molar-refractivity contribution in [2.75, 3.05) is 19.7 Å². The molecule has 0 aliphatic carbocycles. The first-order chi connectivity index (χ1) is 10.7. The minimum atomic E-state index is 0. The Balaban J connectivity index is 0.00000192. The topological polar surface area (TPSA) is 50.4 Å². The highest BCUT2D eigenvalue weighted by atomic mass is 35.5. The van der Waals surface area contributed by atoms with Gasteiger partial charge in [-0.2, -0.15) is 0 Å². The van der Waals surface area contributed by atoms with E-state index in [1.807, 2.05) is 18.2 Å². The minimum Gasteiger partial charge on any atom is -0.492 e. The molecule has 1 atom stereocenters. The molecular formula is C17H24Cl2N2O2. The number of benzene rings is 1. The van der Waals surface area contributed by atoms with E-state index in [-0.39, 0.29) is 24.4 Å². The lowest BCUT2D eigenvalue weighted by molar-refractivity contribution is -0.122. The Morgan fingerprint density at radius 2 is 2.09 bits per heavy atom. The van der Waals surface area contributed by atoms with E-state index in [1.54, 1.807) is 0 Å².